The summed E-state index contributed by atoms with van der Waals surface area (Å²) in [5.74, 6) is 0.850. The van der Waals surface area contributed by atoms with E-state index >= 15 is 0 Å². The Bertz CT molecular complexity index is 936. The van der Waals surface area contributed by atoms with Gasteiger partial charge in [0.2, 0.25) is 0 Å². The van der Waals surface area contributed by atoms with E-state index in [1.54, 1.807) is 26.1 Å². The summed E-state index contributed by atoms with van der Waals surface area (Å²) in [6, 6.07) is 3.66. The fourth-order valence-electron chi connectivity index (χ4n) is 3.00. The van der Waals surface area contributed by atoms with E-state index in [-0.39, 0.29) is 5.75 Å². The van der Waals surface area contributed by atoms with Gasteiger partial charge in [0.25, 0.3) is 0 Å². The Balaban J connectivity index is 1.80. The molecular formula is C17H24ClN5O2S. The molecule has 9 heteroatoms. The quantitative estimate of drug-likeness (QED) is 0.632. The van der Waals surface area contributed by atoms with Crippen molar-refractivity contribution in [2.75, 3.05) is 25.4 Å². The number of guanidine groups is 1. The molecule has 0 spiro atoms. The molecule has 2 aromatic heterocycles. The van der Waals surface area contributed by atoms with E-state index in [0.29, 0.717) is 37.2 Å². The number of hydrogen-bond acceptors (Lipinski definition) is 4. The summed E-state index contributed by atoms with van der Waals surface area (Å²) in [6.07, 6.45) is 3.71. The second kappa shape index (κ2) is 7.08. The third-order valence-corrected chi connectivity index (χ3v) is 7.29. The maximum absolute atomic E-state index is 12.2. The molecule has 0 radical (unpaired) electrons. The minimum atomic E-state index is -3.08. The van der Waals surface area contributed by atoms with Gasteiger partial charge in [-0.3, -0.25) is 0 Å². The largest absolute Gasteiger partial charge is 0.357 e. The molecule has 3 rings (SSSR count). The van der Waals surface area contributed by atoms with Crippen molar-refractivity contribution in [3.8, 4) is 0 Å². The first-order valence-electron chi connectivity index (χ1n) is 8.60. The number of rotatable bonds is 3. The molecule has 2 aromatic rings. The first-order chi connectivity index (χ1) is 12.2. The second-order valence-electron chi connectivity index (χ2n) is 7.02. The van der Waals surface area contributed by atoms with Crippen LogP contribution in [0.4, 0.5) is 0 Å². The van der Waals surface area contributed by atoms with E-state index in [1.807, 2.05) is 28.5 Å². The van der Waals surface area contributed by atoms with Crippen LogP contribution in [-0.2, 0) is 16.4 Å². The lowest BCUT2D eigenvalue weighted by Crippen LogP contribution is -2.57. The molecule has 0 amide bonds. The number of hydrogen-bond donors (Lipinski definition) is 1. The predicted octanol–water partition coefficient (Wildman–Crippen LogP) is 1.96. The number of halogens is 1. The third kappa shape index (κ3) is 3.81. The van der Waals surface area contributed by atoms with Gasteiger partial charge in [0, 0.05) is 32.0 Å². The number of aliphatic imine (C=N–C) groups is 1. The third-order valence-electron chi connectivity index (χ3n) is 4.53. The standard InChI is InChI=1S/C17H24ClN5O2S/c1-4-19-16(22-7-8-26(24,25)17(2,3)12-22)20-9-14-11-23-10-13(18)5-6-15(23)21-14/h5-6,10-11H,4,7-9,12H2,1-3H3,(H,19,20). The Hall–Kier alpha value is -1.80. The van der Waals surface area contributed by atoms with Crippen LogP contribution in [0, 0.1) is 0 Å². The summed E-state index contributed by atoms with van der Waals surface area (Å²) in [7, 11) is -3.08. The minimum absolute atomic E-state index is 0.136. The molecule has 3 heterocycles. The highest BCUT2D eigenvalue weighted by Gasteiger charge is 2.40. The molecule has 142 valence electrons. The lowest BCUT2D eigenvalue weighted by molar-refractivity contribution is 0.353. The molecule has 0 bridgehead atoms. The van der Waals surface area contributed by atoms with Gasteiger partial charge in [-0.15, -0.1) is 0 Å². The molecule has 1 aliphatic heterocycles. The van der Waals surface area contributed by atoms with Crippen molar-refractivity contribution in [3.63, 3.8) is 0 Å². The molecule has 0 atom stereocenters. The SMILES string of the molecule is CCNC(=NCc1cn2cc(Cl)ccc2n1)N1CCS(=O)(=O)C(C)(C)C1. The summed E-state index contributed by atoms with van der Waals surface area (Å²) in [4.78, 5) is 11.2. The summed E-state index contributed by atoms with van der Waals surface area (Å²) >= 11 is 6.01. The Kier molecular flexibility index (Phi) is 5.16. The minimum Gasteiger partial charge on any atom is -0.357 e. The Morgan fingerprint density at radius 2 is 2.15 bits per heavy atom. The van der Waals surface area contributed by atoms with Crippen LogP contribution in [0.2, 0.25) is 5.02 Å². The summed E-state index contributed by atoms with van der Waals surface area (Å²) in [5.41, 5.74) is 1.64. The van der Waals surface area contributed by atoms with Crippen LogP contribution in [0.1, 0.15) is 26.5 Å². The zero-order chi connectivity index (χ0) is 18.9. The van der Waals surface area contributed by atoms with Gasteiger partial charge in [-0.1, -0.05) is 11.6 Å². The number of pyridine rings is 1. The average Bonchev–Trinajstić information content (AvgIpc) is 2.96. The van der Waals surface area contributed by atoms with Crippen LogP contribution < -0.4 is 5.32 Å². The van der Waals surface area contributed by atoms with E-state index in [1.165, 1.54) is 0 Å². The maximum atomic E-state index is 12.2. The van der Waals surface area contributed by atoms with Gasteiger partial charge in [0.05, 0.1) is 27.8 Å². The summed E-state index contributed by atoms with van der Waals surface area (Å²) in [6.45, 7) is 7.51. The highest BCUT2D eigenvalue weighted by atomic mass is 35.5. The predicted molar refractivity (Wildman–Crippen MR) is 104 cm³/mol. The zero-order valence-corrected chi connectivity index (χ0v) is 16.8. The van der Waals surface area contributed by atoms with Gasteiger partial charge in [-0.25, -0.2) is 18.4 Å². The fraction of sp³-hybridized carbons (Fsp3) is 0.529. The van der Waals surface area contributed by atoms with Crippen molar-refractivity contribution in [1.82, 2.24) is 19.6 Å². The molecule has 1 saturated heterocycles. The van der Waals surface area contributed by atoms with Gasteiger partial charge in [0.15, 0.2) is 15.8 Å². The highest BCUT2D eigenvalue weighted by Crippen LogP contribution is 2.23. The van der Waals surface area contributed by atoms with E-state index in [4.69, 9.17) is 11.6 Å². The topological polar surface area (TPSA) is 79.1 Å². The smallest absolute Gasteiger partial charge is 0.194 e. The molecule has 0 unspecified atom stereocenters. The van der Waals surface area contributed by atoms with E-state index in [9.17, 15) is 8.42 Å². The summed E-state index contributed by atoms with van der Waals surface area (Å²) < 4.78 is 25.5. The molecule has 0 aliphatic carbocycles. The van der Waals surface area contributed by atoms with Crippen molar-refractivity contribution in [3.05, 3.63) is 35.2 Å². The highest BCUT2D eigenvalue weighted by molar-refractivity contribution is 7.92. The van der Waals surface area contributed by atoms with Crippen molar-refractivity contribution < 1.29 is 8.42 Å². The number of imidazole rings is 1. The van der Waals surface area contributed by atoms with Crippen LogP contribution in [0.25, 0.3) is 5.65 Å². The van der Waals surface area contributed by atoms with Gasteiger partial charge < -0.3 is 14.6 Å². The Morgan fingerprint density at radius 1 is 1.38 bits per heavy atom. The van der Waals surface area contributed by atoms with Crippen molar-refractivity contribution in [2.45, 2.75) is 32.1 Å². The molecule has 1 N–H and O–H groups in total. The number of aromatic nitrogens is 2. The molecular weight excluding hydrogens is 374 g/mol. The lowest BCUT2D eigenvalue weighted by atomic mass is 10.2. The molecule has 0 aromatic carbocycles. The molecule has 7 nitrogen and oxygen atoms in total. The van der Waals surface area contributed by atoms with Gasteiger partial charge in [-0.05, 0) is 32.9 Å². The van der Waals surface area contributed by atoms with Gasteiger partial charge in [-0.2, -0.15) is 0 Å². The van der Waals surface area contributed by atoms with E-state index in [2.05, 4.69) is 15.3 Å². The van der Waals surface area contributed by atoms with Crippen LogP contribution >= 0.6 is 11.6 Å². The van der Waals surface area contributed by atoms with Crippen molar-refractivity contribution >= 4 is 33.0 Å². The number of fused-ring (bicyclic) bond motifs is 1. The van der Waals surface area contributed by atoms with Crippen LogP contribution in [-0.4, -0.2) is 58.8 Å². The Labute approximate surface area is 159 Å². The van der Waals surface area contributed by atoms with Crippen molar-refractivity contribution in [1.29, 1.82) is 0 Å². The lowest BCUT2D eigenvalue weighted by Gasteiger charge is -2.39. The molecule has 0 saturated carbocycles. The first-order valence-corrected chi connectivity index (χ1v) is 10.6. The monoisotopic (exact) mass is 397 g/mol. The van der Waals surface area contributed by atoms with Crippen LogP contribution in [0.3, 0.4) is 0 Å². The van der Waals surface area contributed by atoms with E-state index < -0.39 is 14.6 Å². The second-order valence-corrected chi connectivity index (χ2v) is 10.2. The zero-order valence-electron chi connectivity index (χ0n) is 15.2. The van der Waals surface area contributed by atoms with E-state index in [0.717, 1.165) is 11.3 Å². The van der Waals surface area contributed by atoms with Crippen molar-refractivity contribution in [2.24, 2.45) is 4.99 Å². The number of sulfone groups is 1. The van der Waals surface area contributed by atoms with Crippen LogP contribution in [0.5, 0.6) is 0 Å². The van der Waals surface area contributed by atoms with Gasteiger partial charge in [0.1, 0.15) is 5.65 Å². The van der Waals surface area contributed by atoms with Gasteiger partial charge >= 0.3 is 0 Å². The van der Waals surface area contributed by atoms with Crippen LogP contribution in [0.15, 0.2) is 29.5 Å². The maximum Gasteiger partial charge on any atom is 0.194 e. The Morgan fingerprint density at radius 3 is 2.85 bits per heavy atom. The molecule has 26 heavy (non-hydrogen) atoms. The molecule has 1 aliphatic rings. The average molecular weight is 398 g/mol. The number of nitrogens with zero attached hydrogens (tertiary/aromatic N) is 4. The first kappa shape index (κ1) is 19.0. The summed E-state index contributed by atoms with van der Waals surface area (Å²) in [5, 5.41) is 3.90. The normalized spacial score (nSPS) is 19.7. The fourth-order valence-corrected chi connectivity index (χ4v) is 4.53. The molecule has 1 fully saturated rings. The number of nitrogens with one attached hydrogen (secondary N) is 1.